The third kappa shape index (κ3) is 1.78. The lowest BCUT2D eigenvalue weighted by atomic mass is 9.95. The second kappa shape index (κ2) is 4.46. The van der Waals surface area contributed by atoms with Gasteiger partial charge in [-0.2, -0.15) is 0 Å². The lowest BCUT2D eigenvalue weighted by Crippen LogP contribution is -2.42. The molecule has 4 heteroatoms. The van der Waals surface area contributed by atoms with Crippen molar-refractivity contribution in [2.75, 3.05) is 13.2 Å². The van der Waals surface area contributed by atoms with Gasteiger partial charge in [-0.05, 0) is 18.6 Å². The van der Waals surface area contributed by atoms with Crippen LogP contribution in [0.3, 0.4) is 0 Å². The maximum atomic E-state index is 11.8. The van der Waals surface area contributed by atoms with Crippen LogP contribution in [0.5, 0.6) is 0 Å². The first-order valence-corrected chi connectivity index (χ1v) is 6.22. The monoisotopic (exact) mass is 243 g/mol. The molecule has 0 bridgehead atoms. The molecule has 1 radical (unpaired) electrons. The number of nitrogens with zero attached hydrogens (tertiary/aromatic N) is 1. The number of esters is 1. The van der Waals surface area contributed by atoms with Gasteiger partial charge in [-0.25, -0.2) is 0 Å². The highest BCUT2D eigenvalue weighted by Gasteiger charge is 2.32. The van der Waals surface area contributed by atoms with Crippen LogP contribution in [0.4, 0.5) is 5.69 Å². The number of rotatable bonds is 2. The highest BCUT2D eigenvalue weighted by Crippen LogP contribution is 2.38. The SMILES string of the molecule is CCOC(=O)C1CC2=C(CN1)[N]c1ccccc12. The molecule has 0 fully saturated rings. The Morgan fingerprint density at radius 3 is 3.17 bits per heavy atom. The maximum Gasteiger partial charge on any atom is 0.323 e. The fourth-order valence-electron chi connectivity index (χ4n) is 2.47. The molecule has 1 aromatic carbocycles. The highest BCUT2D eigenvalue weighted by molar-refractivity contribution is 5.87. The molecule has 2 aliphatic heterocycles. The molecule has 93 valence electrons. The van der Waals surface area contributed by atoms with Gasteiger partial charge < -0.3 is 4.74 Å². The predicted octanol–water partition coefficient (Wildman–Crippen LogP) is 1.57. The van der Waals surface area contributed by atoms with Crippen molar-refractivity contribution in [3.63, 3.8) is 0 Å². The van der Waals surface area contributed by atoms with Crippen LogP contribution in [0.15, 0.2) is 30.0 Å². The number of hydrogen-bond donors (Lipinski definition) is 1. The molecule has 2 heterocycles. The molecule has 0 spiro atoms. The molecule has 0 saturated heterocycles. The zero-order valence-electron chi connectivity index (χ0n) is 10.3. The molecular formula is C14H15N2O2. The Labute approximate surface area is 106 Å². The quantitative estimate of drug-likeness (QED) is 0.802. The summed E-state index contributed by atoms with van der Waals surface area (Å²) in [4.78, 5) is 11.8. The summed E-state index contributed by atoms with van der Waals surface area (Å²) in [7, 11) is 0. The number of nitrogens with one attached hydrogen (secondary N) is 1. The summed E-state index contributed by atoms with van der Waals surface area (Å²) in [6, 6.07) is 7.81. The molecule has 1 aromatic rings. The number of ether oxygens (including phenoxy) is 1. The molecular weight excluding hydrogens is 228 g/mol. The zero-order valence-corrected chi connectivity index (χ0v) is 10.3. The fourth-order valence-corrected chi connectivity index (χ4v) is 2.47. The average molecular weight is 243 g/mol. The summed E-state index contributed by atoms with van der Waals surface area (Å²) >= 11 is 0. The van der Waals surface area contributed by atoms with E-state index in [1.165, 1.54) is 5.57 Å². The molecule has 1 atom stereocenters. The molecule has 2 aliphatic rings. The summed E-state index contributed by atoms with van der Waals surface area (Å²) in [6.45, 7) is 2.88. The Balaban J connectivity index is 1.83. The van der Waals surface area contributed by atoms with E-state index in [1.54, 1.807) is 0 Å². The van der Waals surface area contributed by atoms with E-state index in [4.69, 9.17) is 4.74 Å². The Morgan fingerprint density at radius 1 is 1.50 bits per heavy atom. The molecule has 4 nitrogen and oxygen atoms in total. The van der Waals surface area contributed by atoms with E-state index in [2.05, 4.69) is 16.7 Å². The summed E-state index contributed by atoms with van der Waals surface area (Å²) in [5.74, 6) is -0.173. The first kappa shape index (κ1) is 11.3. The van der Waals surface area contributed by atoms with E-state index in [0.29, 0.717) is 19.6 Å². The van der Waals surface area contributed by atoms with Gasteiger partial charge in [0.25, 0.3) is 0 Å². The van der Waals surface area contributed by atoms with Gasteiger partial charge in [0, 0.05) is 18.5 Å². The Kier molecular flexibility index (Phi) is 2.80. The molecule has 0 amide bonds. The van der Waals surface area contributed by atoms with Crippen molar-refractivity contribution in [3.05, 3.63) is 35.5 Å². The molecule has 1 unspecified atom stereocenters. The summed E-state index contributed by atoms with van der Waals surface area (Å²) in [5, 5.41) is 7.76. The number of carbonyl (C=O) groups is 1. The molecule has 1 N–H and O–H groups in total. The topological polar surface area (TPSA) is 52.4 Å². The van der Waals surface area contributed by atoms with Gasteiger partial charge >= 0.3 is 5.97 Å². The average Bonchev–Trinajstić information content (AvgIpc) is 2.76. The third-order valence-electron chi connectivity index (χ3n) is 3.33. The van der Waals surface area contributed by atoms with Gasteiger partial charge in [-0.3, -0.25) is 15.4 Å². The number of hydrogen-bond acceptors (Lipinski definition) is 3. The van der Waals surface area contributed by atoms with Gasteiger partial charge in [0.2, 0.25) is 0 Å². The van der Waals surface area contributed by atoms with Crippen LogP contribution in [0.2, 0.25) is 0 Å². The van der Waals surface area contributed by atoms with Gasteiger partial charge in [-0.1, -0.05) is 18.2 Å². The number of para-hydroxylation sites is 1. The van der Waals surface area contributed by atoms with Crippen LogP contribution in [-0.2, 0) is 9.53 Å². The van der Waals surface area contributed by atoms with Crippen LogP contribution >= 0.6 is 0 Å². The van der Waals surface area contributed by atoms with Crippen molar-refractivity contribution < 1.29 is 9.53 Å². The zero-order chi connectivity index (χ0) is 12.5. The van der Waals surface area contributed by atoms with Crippen LogP contribution in [0, 0.1) is 0 Å². The van der Waals surface area contributed by atoms with Crippen LogP contribution in [-0.4, -0.2) is 25.2 Å². The second-order valence-electron chi connectivity index (χ2n) is 4.44. The van der Waals surface area contributed by atoms with Crippen LogP contribution < -0.4 is 10.6 Å². The Hall–Kier alpha value is -1.81. The van der Waals surface area contributed by atoms with Crippen molar-refractivity contribution in [1.29, 1.82) is 0 Å². The minimum atomic E-state index is -0.245. The number of fused-ring (bicyclic) bond motifs is 2. The number of carbonyl (C=O) groups excluding carboxylic acids is 1. The van der Waals surface area contributed by atoms with Crippen molar-refractivity contribution in [3.8, 4) is 0 Å². The van der Waals surface area contributed by atoms with E-state index in [9.17, 15) is 4.79 Å². The Bertz CT molecular complexity index is 522. The van der Waals surface area contributed by atoms with E-state index < -0.39 is 0 Å². The van der Waals surface area contributed by atoms with Gasteiger partial charge in [0.05, 0.1) is 18.0 Å². The Morgan fingerprint density at radius 2 is 2.33 bits per heavy atom. The van der Waals surface area contributed by atoms with E-state index in [-0.39, 0.29) is 12.0 Å². The molecule has 3 rings (SSSR count). The lowest BCUT2D eigenvalue weighted by Gasteiger charge is -2.23. The third-order valence-corrected chi connectivity index (χ3v) is 3.33. The highest BCUT2D eigenvalue weighted by atomic mass is 16.5. The minimum absolute atomic E-state index is 0.173. The first-order valence-electron chi connectivity index (χ1n) is 6.22. The van der Waals surface area contributed by atoms with Crippen molar-refractivity contribution in [2.24, 2.45) is 0 Å². The molecule has 0 saturated carbocycles. The molecule has 0 aromatic heterocycles. The van der Waals surface area contributed by atoms with Crippen molar-refractivity contribution in [1.82, 2.24) is 10.6 Å². The summed E-state index contributed by atoms with van der Waals surface area (Å²) in [5.41, 5.74) is 4.40. The predicted molar refractivity (Wildman–Crippen MR) is 68.2 cm³/mol. The van der Waals surface area contributed by atoms with Crippen LogP contribution in [0.1, 0.15) is 18.9 Å². The minimum Gasteiger partial charge on any atom is -0.465 e. The van der Waals surface area contributed by atoms with Crippen molar-refractivity contribution in [2.45, 2.75) is 19.4 Å². The lowest BCUT2D eigenvalue weighted by molar-refractivity contribution is -0.145. The molecule has 0 aliphatic carbocycles. The number of benzene rings is 1. The maximum absolute atomic E-state index is 11.8. The van der Waals surface area contributed by atoms with Gasteiger partial charge in [0.15, 0.2) is 0 Å². The first-order chi connectivity index (χ1) is 8.79. The van der Waals surface area contributed by atoms with E-state index in [1.807, 2.05) is 25.1 Å². The smallest absolute Gasteiger partial charge is 0.323 e. The van der Waals surface area contributed by atoms with Gasteiger partial charge in [-0.15, -0.1) is 0 Å². The van der Waals surface area contributed by atoms with Crippen LogP contribution in [0.25, 0.3) is 5.57 Å². The standard InChI is InChI=1S/C14H15N2O2/c1-2-18-14(17)12-7-10-9-5-3-4-6-11(9)16-13(10)8-15-12/h3-6,12,15H,2,7-8H2,1H3. The van der Waals surface area contributed by atoms with Crippen molar-refractivity contribution >= 4 is 17.2 Å². The second-order valence-corrected chi connectivity index (χ2v) is 4.44. The largest absolute Gasteiger partial charge is 0.465 e. The summed E-state index contributed by atoms with van der Waals surface area (Å²) in [6.07, 6.45) is 0.661. The fraction of sp³-hybridized carbons (Fsp3) is 0.357. The normalized spacial score (nSPS) is 21.1. The summed E-state index contributed by atoms with van der Waals surface area (Å²) < 4.78 is 5.06. The van der Waals surface area contributed by atoms with E-state index >= 15 is 0 Å². The van der Waals surface area contributed by atoms with E-state index in [0.717, 1.165) is 16.9 Å². The molecule has 18 heavy (non-hydrogen) atoms. The van der Waals surface area contributed by atoms with Gasteiger partial charge in [0.1, 0.15) is 6.04 Å².